The van der Waals surface area contributed by atoms with Crippen molar-refractivity contribution < 1.29 is 9.90 Å². The van der Waals surface area contributed by atoms with Gasteiger partial charge in [0.2, 0.25) is 0 Å². The SMILES string of the molecule is CCC(CC)N1CCC[C@H]1C(=O)O. The summed E-state index contributed by atoms with van der Waals surface area (Å²) in [5.74, 6) is -0.649. The van der Waals surface area contributed by atoms with Crippen molar-refractivity contribution in [3.8, 4) is 0 Å². The molecule has 0 bridgehead atoms. The predicted octanol–water partition coefficient (Wildman–Crippen LogP) is 1.72. The van der Waals surface area contributed by atoms with E-state index in [4.69, 9.17) is 5.11 Å². The topological polar surface area (TPSA) is 40.5 Å². The van der Waals surface area contributed by atoms with Crippen LogP contribution in [0.25, 0.3) is 0 Å². The maximum atomic E-state index is 10.9. The summed E-state index contributed by atoms with van der Waals surface area (Å²) in [6, 6.07) is 0.244. The molecule has 0 aromatic rings. The van der Waals surface area contributed by atoms with Crippen LogP contribution in [0.1, 0.15) is 39.5 Å². The van der Waals surface area contributed by atoms with E-state index >= 15 is 0 Å². The van der Waals surface area contributed by atoms with Gasteiger partial charge in [0.25, 0.3) is 0 Å². The van der Waals surface area contributed by atoms with Crippen LogP contribution in [-0.4, -0.2) is 34.6 Å². The number of hydrogen-bond acceptors (Lipinski definition) is 2. The van der Waals surface area contributed by atoms with Gasteiger partial charge in [0.05, 0.1) is 0 Å². The molecule has 3 nitrogen and oxygen atoms in total. The van der Waals surface area contributed by atoms with Crippen LogP contribution in [-0.2, 0) is 4.79 Å². The summed E-state index contributed by atoms with van der Waals surface area (Å²) < 4.78 is 0. The van der Waals surface area contributed by atoms with Crippen molar-refractivity contribution in [2.45, 2.75) is 51.6 Å². The van der Waals surface area contributed by atoms with Crippen LogP contribution in [0, 0.1) is 0 Å². The number of carboxylic acids is 1. The zero-order chi connectivity index (χ0) is 9.84. The molecule has 76 valence electrons. The van der Waals surface area contributed by atoms with E-state index in [1.165, 1.54) is 0 Å². The van der Waals surface area contributed by atoms with Gasteiger partial charge in [-0.1, -0.05) is 13.8 Å². The standard InChI is InChI=1S/C10H19NO2/c1-3-8(4-2)11-7-5-6-9(11)10(12)13/h8-9H,3-7H2,1-2H3,(H,12,13)/t9-/m0/s1. The number of nitrogens with zero attached hydrogens (tertiary/aromatic N) is 1. The van der Waals surface area contributed by atoms with Gasteiger partial charge < -0.3 is 5.11 Å². The van der Waals surface area contributed by atoms with Crippen LogP contribution in [0.5, 0.6) is 0 Å². The molecular weight excluding hydrogens is 166 g/mol. The highest BCUT2D eigenvalue weighted by Gasteiger charge is 2.33. The first-order valence-electron chi connectivity index (χ1n) is 5.19. The quantitative estimate of drug-likeness (QED) is 0.725. The molecule has 0 aromatic heterocycles. The molecule has 1 atom stereocenters. The predicted molar refractivity (Wildman–Crippen MR) is 51.7 cm³/mol. The highest BCUT2D eigenvalue weighted by Crippen LogP contribution is 2.23. The number of carbonyl (C=O) groups is 1. The Morgan fingerprint density at radius 2 is 2.15 bits per heavy atom. The molecule has 1 fully saturated rings. The van der Waals surface area contributed by atoms with Crippen molar-refractivity contribution >= 4 is 5.97 Å². The highest BCUT2D eigenvalue weighted by molar-refractivity contribution is 5.73. The first-order chi connectivity index (χ1) is 6.20. The zero-order valence-electron chi connectivity index (χ0n) is 8.49. The Morgan fingerprint density at radius 3 is 2.62 bits per heavy atom. The molecule has 1 rings (SSSR count). The Morgan fingerprint density at radius 1 is 1.54 bits per heavy atom. The van der Waals surface area contributed by atoms with E-state index in [9.17, 15) is 4.79 Å². The van der Waals surface area contributed by atoms with Crippen molar-refractivity contribution in [2.75, 3.05) is 6.54 Å². The normalized spacial score (nSPS) is 24.1. The van der Waals surface area contributed by atoms with Gasteiger partial charge in [-0.05, 0) is 32.2 Å². The number of likely N-dealkylation sites (tertiary alicyclic amines) is 1. The molecule has 1 aliphatic heterocycles. The van der Waals surface area contributed by atoms with Gasteiger partial charge in [0, 0.05) is 6.04 Å². The molecule has 13 heavy (non-hydrogen) atoms. The highest BCUT2D eigenvalue weighted by atomic mass is 16.4. The third-order valence-electron chi connectivity index (χ3n) is 2.99. The van der Waals surface area contributed by atoms with Gasteiger partial charge in [-0.25, -0.2) is 0 Å². The molecule has 1 saturated heterocycles. The molecule has 0 aliphatic carbocycles. The van der Waals surface area contributed by atoms with Crippen LogP contribution >= 0.6 is 0 Å². The summed E-state index contributed by atoms with van der Waals surface area (Å²) >= 11 is 0. The van der Waals surface area contributed by atoms with E-state index in [1.807, 2.05) is 0 Å². The summed E-state index contributed by atoms with van der Waals surface area (Å²) in [4.78, 5) is 13.1. The van der Waals surface area contributed by atoms with Gasteiger partial charge in [-0.15, -0.1) is 0 Å². The Labute approximate surface area is 79.7 Å². The van der Waals surface area contributed by atoms with Crippen molar-refractivity contribution in [1.82, 2.24) is 4.90 Å². The molecule has 1 heterocycles. The van der Waals surface area contributed by atoms with Gasteiger partial charge in [0.15, 0.2) is 0 Å². The van der Waals surface area contributed by atoms with Crippen molar-refractivity contribution in [3.63, 3.8) is 0 Å². The fourth-order valence-electron chi connectivity index (χ4n) is 2.25. The van der Waals surface area contributed by atoms with E-state index in [0.29, 0.717) is 6.04 Å². The van der Waals surface area contributed by atoms with Gasteiger partial charge in [-0.3, -0.25) is 9.69 Å². The maximum absolute atomic E-state index is 10.9. The minimum absolute atomic E-state index is 0.218. The zero-order valence-corrected chi connectivity index (χ0v) is 8.49. The second-order valence-electron chi connectivity index (χ2n) is 3.70. The fraction of sp³-hybridized carbons (Fsp3) is 0.900. The lowest BCUT2D eigenvalue weighted by atomic mass is 10.1. The van der Waals surface area contributed by atoms with E-state index in [-0.39, 0.29) is 6.04 Å². The van der Waals surface area contributed by atoms with E-state index in [1.54, 1.807) is 0 Å². The molecule has 1 N–H and O–H groups in total. The van der Waals surface area contributed by atoms with Gasteiger partial charge in [0.1, 0.15) is 6.04 Å². The number of carboxylic acid groups (broad SMARTS) is 1. The summed E-state index contributed by atoms with van der Waals surface area (Å²) in [6.45, 7) is 5.22. The van der Waals surface area contributed by atoms with Crippen LogP contribution in [0.3, 0.4) is 0 Å². The van der Waals surface area contributed by atoms with E-state index < -0.39 is 5.97 Å². The largest absolute Gasteiger partial charge is 0.480 e. The van der Waals surface area contributed by atoms with Crippen molar-refractivity contribution in [3.05, 3.63) is 0 Å². The molecule has 0 spiro atoms. The van der Waals surface area contributed by atoms with Gasteiger partial charge >= 0.3 is 5.97 Å². The maximum Gasteiger partial charge on any atom is 0.320 e. The van der Waals surface area contributed by atoms with Crippen LogP contribution < -0.4 is 0 Å². The first-order valence-corrected chi connectivity index (χ1v) is 5.19. The third kappa shape index (κ3) is 2.21. The summed E-state index contributed by atoms with van der Waals surface area (Å²) in [5.41, 5.74) is 0. The minimum atomic E-state index is -0.649. The third-order valence-corrected chi connectivity index (χ3v) is 2.99. The Hall–Kier alpha value is -0.570. The number of aliphatic carboxylic acids is 1. The summed E-state index contributed by atoms with van der Waals surface area (Å²) in [5, 5.41) is 8.98. The summed E-state index contributed by atoms with van der Waals surface area (Å²) in [7, 11) is 0. The van der Waals surface area contributed by atoms with Crippen LogP contribution in [0.15, 0.2) is 0 Å². The van der Waals surface area contributed by atoms with Crippen molar-refractivity contribution in [2.24, 2.45) is 0 Å². The second kappa shape index (κ2) is 4.61. The average Bonchev–Trinajstić information content (AvgIpc) is 2.55. The molecule has 0 unspecified atom stereocenters. The molecule has 0 radical (unpaired) electrons. The average molecular weight is 185 g/mol. The molecule has 3 heteroatoms. The monoisotopic (exact) mass is 185 g/mol. The lowest BCUT2D eigenvalue weighted by molar-refractivity contribution is -0.143. The lowest BCUT2D eigenvalue weighted by Gasteiger charge is -2.29. The van der Waals surface area contributed by atoms with E-state index in [2.05, 4.69) is 18.7 Å². The minimum Gasteiger partial charge on any atom is -0.480 e. The molecule has 0 saturated carbocycles. The van der Waals surface area contributed by atoms with E-state index in [0.717, 1.165) is 32.2 Å². The van der Waals surface area contributed by atoms with Crippen molar-refractivity contribution in [1.29, 1.82) is 0 Å². The Bertz CT molecular complexity index is 178. The van der Waals surface area contributed by atoms with Gasteiger partial charge in [-0.2, -0.15) is 0 Å². The summed E-state index contributed by atoms with van der Waals surface area (Å²) in [6.07, 6.45) is 3.97. The molecule has 1 aliphatic rings. The first kappa shape index (κ1) is 10.5. The smallest absolute Gasteiger partial charge is 0.320 e. The fourth-order valence-corrected chi connectivity index (χ4v) is 2.25. The number of hydrogen-bond donors (Lipinski definition) is 1. The lowest BCUT2D eigenvalue weighted by Crippen LogP contribution is -2.42. The second-order valence-corrected chi connectivity index (χ2v) is 3.70. The van der Waals surface area contributed by atoms with Crippen LogP contribution in [0.4, 0.5) is 0 Å². The number of rotatable bonds is 4. The molecule has 0 amide bonds. The molecule has 0 aromatic carbocycles. The molecular formula is C10H19NO2. The Balaban J connectivity index is 2.61. The Kier molecular flexibility index (Phi) is 3.72. The van der Waals surface area contributed by atoms with Crippen LogP contribution in [0.2, 0.25) is 0 Å².